The maximum atomic E-state index is 9.89. The fourth-order valence-electron chi connectivity index (χ4n) is 2.97. The lowest BCUT2D eigenvalue weighted by Crippen LogP contribution is -2.34. The Morgan fingerprint density at radius 1 is 0.800 bits per heavy atom. The zero-order chi connectivity index (χ0) is 18.8. The molecule has 0 aliphatic carbocycles. The molecule has 0 saturated heterocycles. The Labute approximate surface area is 153 Å². The summed E-state index contributed by atoms with van der Waals surface area (Å²) >= 11 is 0. The SMILES string of the molecule is CCCCCCCCCCCCON(O)C(O)CC(CCO)CCO. The second kappa shape index (κ2) is 18.5. The zero-order valence-corrected chi connectivity index (χ0v) is 16.1. The Kier molecular flexibility index (Phi) is 18.4. The Morgan fingerprint density at radius 3 is 1.76 bits per heavy atom. The number of hydrogen-bond acceptors (Lipinski definition) is 6. The van der Waals surface area contributed by atoms with Gasteiger partial charge in [-0.1, -0.05) is 64.7 Å². The highest BCUT2D eigenvalue weighted by Gasteiger charge is 2.19. The lowest BCUT2D eigenvalue weighted by atomic mass is 9.97. The molecule has 0 bridgehead atoms. The molecule has 0 aliphatic heterocycles. The van der Waals surface area contributed by atoms with Crippen molar-refractivity contribution >= 4 is 0 Å². The van der Waals surface area contributed by atoms with Crippen LogP contribution < -0.4 is 0 Å². The topological polar surface area (TPSA) is 93.4 Å². The predicted octanol–water partition coefficient (Wildman–Crippen LogP) is 3.62. The predicted molar refractivity (Wildman–Crippen MR) is 98.9 cm³/mol. The summed E-state index contributed by atoms with van der Waals surface area (Å²) < 4.78 is 0. The van der Waals surface area contributed by atoms with Crippen LogP contribution >= 0.6 is 0 Å². The standard InChI is InChI=1S/C19H41NO5/c1-2-3-4-5-6-7-8-9-10-11-16-25-20(24)19(23)17-18(12-14-21)13-15-22/h18-19,21-24H,2-17H2,1H3. The zero-order valence-electron chi connectivity index (χ0n) is 16.1. The first-order valence-electron chi connectivity index (χ1n) is 10.2. The molecule has 0 saturated carbocycles. The molecule has 6 heteroatoms. The van der Waals surface area contributed by atoms with Gasteiger partial charge in [-0.25, -0.2) is 0 Å². The maximum absolute atomic E-state index is 9.89. The largest absolute Gasteiger partial charge is 0.396 e. The first-order valence-corrected chi connectivity index (χ1v) is 10.2. The Bertz CT molecular complexity index is 262. The van der Waals surface area contributed by atoms with Gasteiger partial charge in [0.25, 0.3) is 0 Å². The summed E-state index contributed by atoms with van der Waals surface area (Å²) in [5.41, 5.74) is 0. The van der Waals surface area contributed by atoms with Gasteiger partial charge >= 0.3 is 0 Å². The van der Waals surface area contributed by atoms with Gasteiger partial charge in [0.05, 0.1) is 6.61 Å². The van der Waals surface area contributed by atoms with E-state index in [9.17, 15) is 10.3 Å². The molecule has 0 amide bonds. The van der Waals surface area contributed by atoms with Crippen LogP contribution in [-0.4, -0.2) is 51.8 Å². The molecule has 0 spiro atoms. The van der Waals surface area contributed by atoms with Crippen molar-refractivity contribution in [3.8, 4) is 0 Å². The molecule has 0 rings (SSSR count). The minimum absolute atomic E-state index is 0.00226. The molecule has 25 heavy (non-hydrogen) atoms. The van der Waals surface area contributed by atoms with E-state index in [1.807, 2.05) is 0 Å². The van der Waals surface area contributed by atoms with Gasteiger partial charge in [-0.15, -0.1) is 0 Å². The summed E-state index contributed by atoms with van der Waals surface area (Å²) in [5.74, 6) is -0.0411. The highest BCUT2D eigenvalue weighted by atomic mass is 16.9. The van der Waals surface area contributed by atoms with Crippen molar-refractivity contribution in [1.29, 1.82) is 0 Å². The molecule has 1 atom stereocenters. The molecule has 0 aromatic heterocycles. The molecule has 0 aromatic carbocycles. The first kappa shape index (κ1) is 24.8. The molecule has 0 aliphatic rings. The summed E-state index contributed by atoms with van der Waals surface area (Å²) in [5, 5.41) is 38.0. The van der Waals surface area contributed by atoms with Gasteiger partial charge in [-0.2, -0.15) is 0 Å². The Hall–Kier alpha value is -0.240. The van der Waals surface area contributed by atoms with Crippen LogP contribution in [0.2, 0.25) is 0 Å². The van der Waals surface area contributed by atoms with Crippen molar-refractivity contribution in [1.82, 2.24) is 5.23 Å². The number of aliphatic hydroxyl groups is 3. The quantitative estimate of drug-likeness (QED) is 0.159. The van der Waals surface area contributed by atoms with Gasteiger partial charge in [-0.05, 0) is 36.8 Å². The van der Waals surface area contributed by atoms with Gasteiger partial charge < -0.3 is 15.3 Å². The van der Waals surface area contributed by atoms with E-state index in [0.717, 1.165) is 12.8 Å². The lowest BCUT2D eigenvalue weighted by Gasteiger charge is -2.24. The molecule has 1 unspecified atom stereocenters. The van der Waals surface area contributed by atoms with Crippen molar-refractivity contribution in [3.63, 3.8) is 0 Å². The highest BCUT2D eigenvalue weighted by Crippen LogP contribution is 2.17. The van der Waals surface area contributed by atoms with Crippen LogP contribution in [0.1, 0.15) is 90.4 Å². The normalized spacial score (nSPS) is 13.1. The second-order valence-electron chi connectivity index (χ2n) is 6.92. The van der Waals surface area contributed by atoms with Gasteiger partial charge in [0.2, 0.25) is 0 Å². The molecule has 4 N–H and O–H groups in total. The van der Waals surface area contributed by atoms with Gasteiger partial charge in [-0.3, -0.25) is 10.0 Å². The van der Waals surface area contributed by atoms with E-state index in [1.165, 1.54) is 51.4 Å². The van der Waals surface area contributed by atoms with Crippen LogP contribution in [0.25, 0.3) is 0 Å². The maximum Gasteiger partial charge on any atom is 0.157 e. The van der Waals surface area contributed by atoms with Crippen LogP contribution in [0.3, 0.4) is 0 Å². The summed E-state index contributed by atoms with van der Waals surface area (Å²) in [6, 6.07) is 0. The minimum Gasteiger partial charge on any atom is -0.396 e. The highest BCUT2D eigenvalue weighted by molar-refractivity contribution is 4.61. The molecule has 0 radical (unpaired) electrons. The van der Waals surface area contributed by atoms with Gasteiger partial charge in [0.1, 0.15) is 0 Å². The molecule has 6 nitrogen and oxygen atoms in total. The first-order chi connectivity index (χ1) is 12.2. The van der Waals surface area contributed by atoms with E-state index in [2.05, 4.69) is 6.92 Å². The smallest absolute Gasteiger partial charge is 0.157 e. The average Bonchev–Trinajstić information content (AvgIpc) is 2.59. The Morgan fingerprint density at radius 2 is 1.28 bits per heavy atom. The second-order valence-corrected chi connectivity index (χ2v) is 6.92. The molecular formula is C19H41NO5. The average molecular weight is 364 g/mol. The van der Waals surface area contributed by atoms with Crippen molar-refractivity contribution in [3.05, 3.63) is 0 Å². The summed E-state index contributed by atoms with van der Waals surface area (Å²) in [7, 11) is 0. The number of nitrogens with zero attached hydrogens (tertiary/aromatic N) is 1. The number of hydroxylamine groups is 2. The fraction of sp³-hybridized carbons (Fsp3) is 1.00. The molecular weight excluding hydrogens is 322 g/mol. The van der Waals surface area contributed by atoms with E-state index < -0.39 is 6.23 Å². The molecule has 0 heterocycles. The lowest BCUT2D eigenvalue weighted by molar-refractivity contribution is -0.398. The van der Waals surface area contributed by atoms with Crippen LogP contribution in [0, 0.1) is 5.92 Å². The van der Waals surface area contributed by atoms with E-state index >= 15 is 0 Å². The number of hydrogen-bond donors (Lipinski definition) is 4. The van der Waals surface area contributed by atoms with Crippen molar-refractivity contribution in [2.24, 2.45) is 5.92 Å². The number of unbranched alkanes of at least 4 members (excludes halogenated alkanes) is 9. The van der Waals surface area contributed by atoms with Crippen LogP contribution in [0.15, 0.2) is 0 Å². The van der Waals surface area contributed by atoms with Gasteiger partial charge in [0.15, 0.2) is 6.23 Å². The summed E-state index contributed by atoms with van der Waals surface area (Å²) in [6.45, 7) is 2.62. The van der Waals surface area contributed by atoms with Crippen LogP contribution in [0.4, 0.5) is 0 Å². The number of rotatable bonds is 19. The third kappa shape index (κ3) is 15.7. The van der Waals surface area contributed by atoms with Crippen molar-refractivity contribution in [2.75, 3.05) is 19.8 Å². The van der Waals surface area contributed by atoms with Crippen LogP contribution in [0.5, 0.6) is 0 Å². The Balaban J connectivity index is 3.54. The third-order valence-electron chi connectivity index (χ3n) is 4.60. The number of aliphatic hydroxyl groups excluding tert-OH is 3. The van der Waals surface area contributed by atoms with E-state index in [0.29, 0.717) is 24.7 Å². The van der Waals surface area contributed by atoms with E-state index in [4.69, 9.17) is 15.1 Å². The van der Waals surface area contributed by atoms with E-state index in [-0.39, 0.29) is 25.6 Å². The molecule has 0 fully saturated rings. The van der Waals surface area contributed by atoms with E-state index in [1.54, 1.807) is 0 Å². The van der Waals surface area contributed by atoms with Crippen molar-refractivity contribution in [2.45, 2.75) is 96.6 Å². The molecule has 0 aromatic rings. The third-order valence-corrected chi connectivity index (χ3v) is 4.60. The van der Waals surface area contributed by atoms with Crippen LogP contribution in [-0.2, 0) is 4.84 Å². The van der Waals surface area contributed by atoms with Crippen molar-refractivity contribution < 1.29 is 25.4 Å². The fourth-order valence-corrected chi connectivity index (χ4v) is 2.97. The van der Waals surface area contributed by atoms with Gasteiger partial charge in [0, 0.05) is 13.2 Å². The monoisotopic (exact) mass is 363 g/mol. The summed E-state index contributed by atoms with van der Waals surface area (Å²) in [6.07, 6.45) is 12.4. The summed E-state index contributed by atoms with van der Waals surface area (Å²) in [4.78, 5) is 5.15. The molecule has 152 valence electrons. The minimum atomic E-state index is -1.13.